The maximum atomic E-state index is 12.7. The molecule has 1 unspecified atom stereocenters. The summed E-state index contributed by atoms with van der Waals surface area (Å²) in [6.07, 6.45) is 0.404. The molecule has 2 aromatic heterocycles. The summed E-state index contributed by atoms with van der Waals surface area (Å²) in [5.41, 5.74) is 6.29. The number of benzene rings is 1. The topological polar surface area (TPSA) is 240 Å². The first kappa shape index (κ1) is 26.6. The highest BCUT2D eigenvalue weighted by Gasteiger charge is 2.35. The molecule has 3 amide bonds. The molecule has 4 rings (SSSR count). The predicted octanol–water partition coefficient (Wildman–Crippen LogP) is -0.522. The Morgan fingerprint density at radius 3 is 2.46 bits per heavy atom. The molecule has 0 radical (unpaired) electrons. The molecule has 16 nitrogen and oxygen atoms in total. The van der Waals surface area contributed by atoms with Gasteiger partial charge in [-0.3, -0.25) is 29.0 Å². The highest BCUT2D eigenvalue weighted by atomic mass is 16.7. The minimum Gasteiger partial charge on any atom is -0.481 e. The average molecular weight is 538 g/mol. The Morgan fingerprint density at radius 1 is 1.10 bits per heavy atom. The second-order valence-corrected chi connectivity index (χ2v) is 8.37. The van der Waals surface area contributed by atoms with E-state index in [9.17, 15) is 28.8 Å². The molecule has 0 saturated carbocycles. The molecular formula is C23H22N8O8. The molecule has 3 heterocycles. The van der Waals surface area contributed by atoms with Crippen molar-refractivity contribution in [2.45, 2.75) is 38.3 Å². The van der Waals surface area contributed by atoms with Crippen LogP contribution < -0.4 is 21.9 Å². The molecule has 202 valence electrons. The number of anilines is 2. The number of carbonyl (C=O) groups is 5. The fourth-order valence-electron chi connectivity index (χ4n) is 3.56. The first-order valence-corrected chi connectivity index (χ1v) is 11.6. The Hall–Kier alpha value is -5.41. The number of nitrogens with two attached hydrogens (primary N) is 1. The molecule has 1 aliphatic rings. The largest absolute Gasteiger partial charge is 0.481 e. The van der Waals surface area contributed by atoms with Crippen molar-refractivity contribution in [1.29, 1.82) is 0 Å². The number of carboxylic acid groups (broad SMARTS) is 1. The number of fused-ring (bicyclic) bond motifs is 1. The quantitative estimate of drug-likeness (QED) is 0.204. The lowest BCUT2D eigenvalue weighted by atomic mass is 10.1. The zero-order valence-corrected chi connectivity index (χ0v) is 20.2. The van der Waals surface area contributed by atoms with Gasteiger partial charge in [0, 0.05) is 30.5 Å². The Kier molecular flexibility index (Phi) is 7.74. The monoisotopic (exact) mass is 538 g/mol. The van der Waals surface area contributed by atoms with E-state index in [0.29, 0.717) is 16.4 Å². The minimum absolute atomic E-state index is 0.0324. The van der Waals surface area contributed by atoms with Crippen LogP contribution in [0.2, 0.25) is 0 Å². The van der Waals surface area contributed by atoms with Crippen molar-refractivity contribution in [1.82, 2.24) is 30.3 Å². The van der Waals surface area contributed by atoms with Crippen LogP contribution in [0.25, 0.3) is 11.2 Å². The van der Waals surface area contributed by atoms with Crippen molar-refractivity contribution >= 4 is 52.5 Å². The van der Waals surface area contributed by atoms with Crippen LogP contribution in [0.5, 0.6) is 0 Å². The van der Waals surface area contributed by atoms with Crippen molar-refractivity contribution in [3.63, 3.8) is 0 Å². The molecule has 1 aromatic carbocycles. The number of nitrogen functional groups attached to an aromatic ring is 1. The number of aliphatic carboxylic acids is 1. The normalized spacial score (nSPS) is 13.8. The second-order valence-electron chi connectivity index (χ2n) is 8.37. The summed E-state index contributed by atoms with van der Waals surface area (Å²) in [4.78, 5) is 91.1. The Bertz CT molecular complexity index is 1500. The summed E-state index contributed by atoms with van der Waals surface area (Å²) < 4.78 is 0. The predicted molar refractivity (Wildman–Crippen MR) is 131 cm³/mol. The number of hydrogen-bond donors (Lipinski definition) is 5. The summed E-state index contributed by atoms with van der Waals surface area (Å²) in [5, 5.41) is 14.8. The van der Waals surface area contributed by atoms with Gasteiger partial charge in [0.05, 0.1) is 18.4 Å². The van der Waals surface area contributed by atoms with Crippen molar-refractivity contribution in [2.75, 3.05) is 11.1 Å². The molecule has 1 fully saturated rings. The standard InChI is InChI=1S/C23H22N8O8/c24-23-29-19-18(21(37)30-23)27-13(10-26-19)9-25-12-3-1-11(2-4-12)20(36)28-14(5-8-17(34)35)22(38)39-31-15(32)6-7-16(31)33/h1-4,10,14,25H,5-9H2,(H,28,36)(H,34,35)(H3,24,26,29,30,37). The zero-order chi connectivity index (χ0) is 28.1. The number of amides is 3. The molecule has 1 aliphatic heterocycles. The Morgan fingerprint density at radius 2 is 1.79 bits per heavy atom. The van der Waals surface area contributed by atoms with E-state index in [2.05, 4.69) is 30.6 Å². The zero-order valence-electron chi connectivity index (χ0n) is 20.2. The van der Waals surface area contributed by atoms with Crippen LogP contribution >= 0.6 is 0 Å². The minimum atomic E-state index is -1.42. The molecule has 6 N–H and O–H groups in total. The van der Waals surface area contributed by atoms with Crippen molar-refractivity contribution in [3.8, 4) is 0 Å². The lowest BCUT2D eigenvalue weighted by molar-refractivity contribution is -0.199. The maximum absolute atomic E-state index is 12.7. The van der Waals surface area contributed by atoms with Crippen molar-refractivity contribution in [3.05, 3.63) is 52.1 Å². The van der Waals surface area contributed by atoms with Gasteiger partial charge in [-0.15, -0.1) is 5.06 Å². The first-order chi connectivity index (χ1) is 18.6. The first-order valence-electron chi connectivity index (χ1n) is 11.6. The van der Waals surface area contributed by atoms with Gasteiger partial charge in [0.15, 0.2) is 11.2 Å². The van der Waals surface area contributed by atoms with Crippen LogP contribution in [0.4, 0.5) is 11.6 Å². The van der Waals surface area contributed by atoms with Crippen LogP contribution in [-0.4, -0.2) is 65.8 Å². The van der Waals surface area contributed by atoms with Gasteiger partial charge in [-0.1, -0.05) is 0 Å². The van der Waals surface area contributed by atoms with Gasteiger partial charge in [-0.05, 0) is 30.7 Å². The lowest BCUT2D eigenvalue weighted by Gasteiger charge is -2.19. The fraction of sp³-hybridized carbons (Fsp3) is 0.261. The Balaban J connectivity index is 1.38. The van der Waals surface area contributed by atoms with Gasteiger partial charge in [0.25, 0.3) is 23.3 Å². The lowest BCUT2D eigenvalue weighted by Crippen LogP contribution is -2.45. The highest BCUT2D eigenvalue weighted by molar-refractivity contribution is 6.02. The second kappa shape index (κ2) is 11.3. The van der Waals surface area contributed by atoms with Gasteiger partial charge < -0.3 is 26.3 Å². The molecule has 1 saturated heterocycles. The molecule has 1 atom stereocenters. The van der Waals surface area contributed by atoms with E-state index in [1.807, 2.05) is 0 Å². The van der Waals surface area contributed by atoms with Crippen molar-refractivity contribution < 1.29 is 33.9 Å². The van der Waals surface area contributed by atoms with Gasteiger partial charge in [-0.2, -0.15) is 4.98 Å². The number of nitrogens with zero attached hydrogens (tertiary/aromatic N) is 4. The van der Waals surface area contributed by atoms with Gasteiger partial charge >= 0.3 is 11.9 Å². The van der Waals surface area contributed by atoms with E-state index in [0.717, 1.165) is 0 Å². The van der Waals surface area contributed by atoms with Crippen LogP contribution in [0.3, 0.4) is 0 Å². The molecular weight excluding hydrogens is 516 g/mol. The van der Waals surface area contributed by atoms with Crippen LogP contribution in [0.1, 0.15) is 41.7 Å². The van der Waals surface area contributed by atoms with Gasteiger partial charge in [0.1, 0.15) is 6.04 Å². The number of H-pyrrole nitrogens is 1. The smallest absolute Gasteiger partial charge is 0.355 e. The van der Waals surface area contributed by atoms with Crippen LogP contribution in [-0.2, 0) is 30.6 Å². The third-order valence-corrected chi connectivity index (χ3v) is 5.53. The number of carbonyl (C=O) groups excluding carboxylic acids is 4. The number of aromatic nitrogens is 4. The molecule has 39 heavy (non-hydrogen) atoms. The van der Waals surface area contributed by atoms with Gasteiger partial charge in [-0.25, -0.2) is 14.8 Å². The SMILES string of the molecule is Nc1nc2ncc(CNc3ccc(C(=O)NC(CCC(=O)O)C(=O)ON4C(=O)CCC4=O)cc3)nc2c(=O)[nH]1. The molecule has 0 bridgehead atoms. The van der Waals surface area contributed by atoms with E-state index in [1.54, 1.807) is 12.1 Å². The van der Waals surface area contributed by atoms with Crippen LogP contribution in [0.15, 0.2) is 35.3 Å². The summed E-state index contributed by atoms with van der Waals surface area (Å²) in [5.74, 6) is -4.55. The highest BCUT2D eigenvalue weighted by Crippen LogP contribution is 2.15. The number of carboxylic acids is 1. The summed E-state index contributed by atoms with van der Waals surface area (Å²) in [7, 11) is 0. The Labute approximate surface area is 218 Å². The molecule has 0 aliphatic carbocycles. The molecule has 3 aromatic rings. The number of imide groups is 1. The number of nitrogens with one attached hydrogen (secondary N) is 3. The third-order valence-electron chi connectivity index (χ3n) is 5.53. The average Bonchev–Trinajstić information content (AvgIpc) is 3.22. The van der Waals surface area contributed by atoms with Crippen molar-refractivity contribution in [2.24, 2.45) is 0 Å². The van der Waals surface area contributed by atoms with Gasteiger partial charge in [0.2, 0.25) is 5.95 Å². The maximum Gasteiger partial charge on any atom is 0.355 e. The van der Waals surface area contributed by atoms with E-state index >= 15 is 0 Å². The van der Waals surface area contributed by atoms with E-state index in [4.69, 9.17) is 15.7 Å². The number of aromatic amines is 1. The number of hydroxylamine groups is 2. The molecule has 0 spiro atoms. The summed E-state index contributed by atoms with van der Waals surface area (Å²) in [6, 6.07) is 4.63. The third kappa shape index (κ3) is 6.48. The van der Waals surface area contributed by atoms with E-state index in [-0.39, 0.29) is 48.5 Å². The summed E-state index contributed by atoms with van der Waals surface area (Å²) >= 11 is 0. The van der Waals surface area contributed by atoms with Crippen LogP contribution in [0, 0.1) is 0 Å². The number of rotatable bonds is 10. The fourth-order valence-corrected chi connectivity index (χ4v) is 3.56. The number of hydrogen-bond acceptors (Lipinski definition) is 12. The van der Waals surface area contributed by atoms with E-state index in [1.165, 1.54) is 18.3 Å². The molecule has 16 heteroatoms. The summed E-state index contributed by atoms with van der Waals surface area (Å²) in [6.45, 7) is 0.190. The van der Waals surface area contributed by atoms with E-state index < -0.39 is 47.7 Å².